The van der Waals surface area contributed by atoms with E-state index in [4.69, 9.17) is 9.84 Å². The number of amides is 2. The first kappa shape index (κ1) is 18.7. The summed E-state index contributed by atoms with van der Waals surface area (Å²) in [5, 5.41) is 12.1. The Kier molecular flexibility index (Phi) is 5.59. The molecule has 2 atom stereocenters. The lowest BCUT2D eigenvalue weighted by molar-refractivity contribution is -0.141. The molecule has 0 spiro atoms. The highest BCUT2D eigenvalue weighted by molar-refractivity contribution is 5.78. The van der Waals surface area contributed by atoms with E-state index in [0.29, 0.717) is 18.7 Å². The van der Waals surface area contributed by atoms with Crippen molar-refractivity contribution in [1.82, 2.24) is 10.2 Å². The van der Waals surface area contributed by atoms with E-state index >= 15 is 0 Å². The van der Waals surface area contributed by atoms with Gasteiger partial charge in [0.1, 0.15) is 11.6 Å². The van der Waals surface area contributed by atoms with Crippen molar-refractivity contribution in [3.05, 3.63) is 65.5 Å². The Hall–Kier alpha value is -3.09. The summed E-state index contributed by atoms with van der Waals surface area (Å²) in [6, 6.07) is 12.3. The van der Waals surface area contributed by atoms with Gasteiger partial charge in [0.2, 0.25) is 0 Å². The Morgan fingerprint density at radius 2 is 1.74 bits per heavy atom. The van der Waals surface area contributed by atoms with Crippen LogP contribution in [0, 0.1) is 11.7 Å². The van der Waals surface area contributed by atoms with Crippen LogP contribution in [0.15, 0.2) is 48.5 Å². The number of ether oxygens (including phenoxy) is 1. The second-order valence-corrected chi connectivity index (χ2v) is 6.48. The summed E-state index contributed by atoms with van der Waals surface area (Å²) in [5.41, 5.74) is 1.54. The molecular weight excluding hydrogens is 351 g/mol. The predicted molar refractivity (Wildman–Crippen MR) is 97.1 cm³/mol. The van der Waals surface area contributed by atoms with Crippen LogP contribution in [0.1, 0.15) is 23.6 Å². The number of benzene rings is 2. The van der Waals surface area contributed by atoms with Gasteiger partial charge in [-0.2, -0.15) is 0 Å². The summed E-state index contributed by atoms with van der Waals surface area (Å²) in [6.45, 7) is 0.571. The molecule has 27 heavy (non-hydrogen) atoms. The molecule has 1 fully saturated rings. The van der Waals surface area contributed by atoms with Gasteiger partial charge in [0.05, 0.1) is 19.1 Å². The van der Waals surface area contributed by atoms with Crippen LogP contribution >= 0.6 is 0 Å². The molecule has 0 bridgehead atoms. The lowest BCUT2D eigenvalue weighted by atomic mass is 9.98. The quantitative estimate of drug-likeness (QED) is 0.846. The van der Waals surface area contributed by atoms with Crippen molar-refractivity contribution < 1.29 is 23.8 Å². The molecule has 3 rings (SSSR count). The number of rotatable bonds is 5. The molecule has 0 aliphatic carbocycles. The van der Waals surface area contributed by atoms with Crippen LogP contribution in [0.5, 0.6) is 5.75 Å². The van der Waals surface area contributed by atoms with Crippen molar-refractivity contribution in [2.45, 2.75) is 12.5 Å². The number of carboxylic acid groups (broad SMARTS) is 1. The van der Waals surface area contributed by atoms with Gasteiger partial charge < -0.3 is 20.1 Å². The minimum atomic E-state index is -0.893. The molecule has 1 saturated heterocycles. The fraction of sp³-hybridized carbons (Fsp3) is 0.300. The second-order valence-electron chi connectivity index (χ2n) is 6.48. The van der Waals surface area contributed by atoms with Crippen molar-refractivity contribution in [2.75, 3.05) is 20.2 Å². The summed E-state index contributed by atoms with van der Waals surface area (Å²) in [7, 11) is 1.57. The molecule has 7 heteroatoms. The van der Waals surface area contributed by atoms with E-state index in [0.717, 1.165) is 11.1 Å². The standard InChI is InChI=1S/C20H21FN2O4/c1-27-17-8-4-14(5-9-17)18(13-2-6-16(21)7-3-13)22-20(26)23-11-10-15(12-23)19(24)25/h2-9,15,18H,10-12H2,1H3,(H,22,26)(H,24,25). The van der Waals surface area contributed by atoms with Crippen LogP contribution in [-0.4, -0.2) is 42.2 Å². The number of methoxy groups -OCH3 is 1. The number of nitrogens with one attached hydrogen (secondary N) is 1. The zero-order chi connectivity index (χ0) is 19.4. The SMILES string of the molecule is COc1ccc(C(NC(=O)N2CCC(C(=O)O)C2)c2ccc(F)cc2)cc1. The van der Waals surface area contributed by atoms with Gasteiger partial charge in [-0.1, -0.05) is 24.3 Å². The number of carboxylic acids is 1. The molecule has 2 N–H and O–H groups in total. The van der Waals surface area contributed by atoms with Crippen molar-refractivity contribution in [3.8, 4) is 5.75 Å². The molecule has 0 radical (unpaired) electrons. The van der Waals surface area contributed by atoms with Crippen LogP contribution in [0.2, 0.25) is 0 Å². The number of nitrogens with zero attached hydrogens (tertiary/aromatic N) is 1. The van der Waals surface area contributed by atoms with Crippen molar-refractivity contribution in [2.24, 2.45) is 5.92 Å². The molecule has 2 unspecified atom stereocenters. The first-order chi connectivity index (χ1) is 13.0. The van der Waals surface area contributed by atoms with Gasteiger partial charge in [0.25, 0.3) is 0 Å². The second kappa shape index (κ2) is 8.07. The van der Waals surface area contributed by atoms with Gasteiger partial charge in [0, 0.05) is 13.1 Å². The van der Waals surface area contributed by atoms with Gasteiger partial charge in [0.15, 0.2) is 0 Å². The molecule has 0 aromatic heterocycles. The van der Waals surface area contributed by atoms with Gasteiger partial charge in [-0.05, 0) is 41.8 Å². The number of halogens is 1. The molecule has 2 amide bonds. The topological polar surface area (TPSA) is 78.9 Å². The number of hydrogen-bond donors (Lipinski definition) is 2. The molecule has 2 aromatic rings. The van der Waals surface area contributed by atoms with Crippen molar-refractivity contribution >= 4 is 12.0 Å². The maximum absolute atomic E-state index is 13.3. The third-order valence-corrected chi connectivity index (χ3v) is 4.74. The summed E-state index contributed by atoms with van der Waals surface area (Å²) in [5.74, 6) is -1.11. The summed E-state index contributed by atoms with van der Waals surface area (Å²) >= 11 is 0. The fourth-order valence-corrected chi connectivity index (χ4v) is 3.17. The number of urea groups is 1. The maximum Gasteiger partial charge on any atom is 0.318 e. The highest BCUT2D eigenvalue weighted by Crippen LogP contribution is 2.26. The Bertz CT molecular complexity index is 808. The third kappa shape index (κ3) is 4.36. The zero-order valence-corrected chi connectivity index (χ0v) is 14.9. The minimum absolute atomic E-state index is 0.180. The fourth-order valence-electron chi connectivity index (χ4n) is 3.17. The van der Waals surface area contributed by atoms with Crippen LogP contribution < -0.4 is 10.1 Å². The van der Waals surface area contributed by atoms with Crippen LogP contribution in [-0.2, 0) is 4.79 Å². The summed E-state index contributed by atoms with van der Waals surface area (Å²) in [6.07, 6.45) is 0.437. The molecular formula is C20H21FN2O4. The highest BCUT2D eigenvalue weighted by atomic mass is 19.1. The van der Waals surface area contributed by atoms with Crippen LogP contribution in [0.3, 0.4) is 0 Å². The molecule has 1 aliphatic rings. The normalized spacial score (nSPS) is 17.4. The average Bonchev–Trinajstić information content (AvgIpc) is 3.18. The first-order valence-electron chi connectivity index (χ1n) is 8.65. The average molecular weight is 372 g/mol. The molecule has 0 saturated carbocycles. The number of hydrogen-bond acceptors (Lipinski definition) is 3. The van der Waals surface area contributed by atoms with Gasteiger partial charge in [-0.25, -0.2) is 9.18 Å². The van der Waals surface area contributed by atoms with Crippen LogP contribution in [0.25, 0.3) is 0 Å². The number of aliphatic carboxylic acids is 1. The maximum atomic E-state index is 13.3. The molecule has 2 aromatic carbocycles. The van der Waals surface area contributed by atoms with E-state index in [2.05, 4.69) is 5.32 Å². The Morgan fingerprint density at radius 3 is 2.26 bits per heavy atom. The third-order valence-electron chi connectivity index (χ3n) is 4.74. The van der Waals surface area contributed by atoms with Crippen molar-refractivity contribution in [3.63, 3.8) is 0 Å². The molecule has 142 valence electrons. The molecule has 1 aliphatic heterocycles. The number of likely N-dealkylation sites (tertiary alicyclic amines) is 1. The largest absolute Gasteiger partial charge is 0.497 e. The first-order valence-corrected chi connectivity index (χ1v) is 8.65. The minimum Gasteiger partial charge on any atom is -0.497 e. The van der Waals surface area contributed by atoms with E-state index in [1.165, 1.54) is 17.0 Å². The van der Waals surface area contributed by atoms with Crippen LogP contribution in [0.4, 0.5) is 9.18 Å². The summed E-state index contributed by atoms with van der Waals surface area (Å²) < 4.78 is 18.5. The lowest BCUT2D eigenvalue weighted by Gasteiger charge is -2.24. The Labute approximate surface area is 156 Å². The predicted octanol–water partition coefficient (Wildman–Crippen LogP) is 3.04. The molecule has 1 heterocycles. The van der Waals surface area contributed by atoms with Gasteiger partial charge in [-0.15, -0.1) is 0 Å². The highest BCUT2D eigenvalue weighted by Gasteiger charge is 2.32. The number of carbonyl (C=O) groups is 2. The zero-order valence-electron chi connectivity index (χ0n) is 14.9. The van der Waals surface area contributed by atoms with E-state index < -0.39 is 17.9 Å². The van der Waals surface area contributed by atoms with E-state index in [9.17, 15) is 14.0 Å². The van der Waals surface area contributed by atoms with Gasteiger partial charge in [-0.3, -0.25) is 4.79 Å². The number of carbonyl (C=O) groups excluding carboxylic acids is 1. The Morgan fingerprint density at radius 1 is 1.15 bits per heavy atom. The Balaban J connectivity index is 1.82. The van der Waals surface area contributed by atoms with E-state index in [1.54, 1.807) is 31.4 Å². The monoisotopic (exact) mass is 372 g/mol. The van der Waals surface area contributed by atoms with E-state index in [1.807, 2.05) is 12.1 Å². The van der Waals surface area contributed by atoms with Gasteiger partial charge >= 0.3 is 12.0 Å². The lowest BCUT2D eigenvalue weighted by Crippen LogP contribution is -2.41. The van der Waals surface area contributed by atoms with Crippen molar-refractivity contribution in [1.29, 1.82) is 0 Å². The smallest absolute Gasteiger partial charge is 0.318 e. The van der Waals surface area contributed by atoms with E-state index in [-0.39, 0.29) is 18.4 Å². The summed E-state index contributed by atoms with van der Waals surface area (Å²) in [4.78, 5) is 25.3. The molecule has 6 nitrogen and oxygen atoms in total.